The summed E-state index contributed by atoms with van der Waals surface area (Å²) in [5.74, 6) is -0.987. The fraction of sp³-hybridized carbons (Fsp3) is 0.133. The predicted molar refractivity (Wildman–Crippen MR) is 78.1 cm³/mol. The summed E-state index contributed by atoms with van der Waals surface area (Å²) >= 11 is 0. The summed E-state index contributed by atoms with van der Waals surface area (Å²) in [4.78, 5) is 18.7. The molecule has 23 heavy (non-hydrogen) atoms. The van der Waals surface area contributed by atoms with Crippen molar-refractivity contribution < 1.29 is 18.7 Å². The fourth-order valence-electron chi connectivity index (χ4n) is 2.38. The number of amides is 1. The molecule has 1 amide bonds. The van der Waals surface area contributed by atoms with Crippen molar-refractivity contribution >= 4 is 11.7 Å². The summed E-state index contributed by atoms with van der Waals surface area (Å²) < 4.78 is 28.5. The maximum Gasteiger partial charge on any atom is 0.404 e. The Morgan fingerprint density at radius 3 is 2.83 bits per heavy atom. The summed E-state index contributed by atoms with van der Waals surface area (Å²) in [5.41, 5.74) is 1.93. The first-order valence-corrected chi connectivity index (χ1v) is 6.79. The molecule has 3 heterocycles. The average Bonchev–Trinajstić information content (AvgIpc) is 2.84. The van der Waals surface area contributed by atoms with Gasteiger partial charge in [0, 0.05) is 30.9 Å². The number of aromatic nitrogens is 3. The van der Waals surface area contributed by atoms with Crippen LogP contribution >= 0.6 is 0 Å². The van der Waals surface area contributed by atoms with Crippen LogP contribution < -0.4 is 5.32 Å². The number of hydrogen-bond donors (Lipinski definition) is 2. The Balaban J connectivity index is 2.11. The molecule has 0 radical (unpaired) electrons. The molecule has 0 spiro atoms. The zero-order chi connectivity index (χ0) is 16.4. The minimum Gasteiger partial charge on any atom is -0.465 e. The molecule has 8 heteroatoms. The number of nitrogens with one attached hydrogen (secondary N) is 1. The van der Waals surface area contributed by atoms with Gasteiger partial charge in [0.05, 0.1) is 17.6 Å². The summed E-state index contributed by atoms with van der Waals surface area (Å²) in [7, 11) is 0. The number of rotatable bonds is 4. The second-order valence-corrected chi connectivity index (χ2v) is 4.86. The monoisotopic (exact) mass is 318 g/mol. The molecule has 0 unspecified atom stereocenters. The van der Waals surface area contributed by atoms with Gasteiger partial charge in [0.25, 0.3) is 0 Å². The van der Waals surface area contributed by atoms with Crippen LogP contribution in [-0.4, -0.2) is 32.1 Å². The number of hydrogen-bond acceptors (Lipinski definition) is 3. The SMILES string of the molecule is O=C(O)NCCc1nc2ccc(F)cn2c1-c1cncc(F)c1. The first kappa shape index (κ1) is 14.9. The minimum absolute atomic E-state index is 0.136. The molecule has 0 fully saturated rings. The van der Waals surface area contributed by atoms with Gasteiger partial charge in [0.15, 0.2) is 0 Å². The lowest BCUT2D eigenvalue weighted by molar-refractivity contribution is 0.194. The van der Waals surface area contributed by atoms with Crippen molar-refractivity contribution in [2.24, 2.45) is 0 Å². The topological polar surface area (TPSA) is 79.5 Å². The first-order valence-electron chi connectivity index (χ1n) is 6.79. The minimum atomic E-state index is -1.14. The molecule has 3 rings (SSSR count). The van der Waals surface area contributed by atoms with Gasteiger partial charge in [-0.1, -0.05) is 0 Å². The third-order valence-electron chi connectivity index (χ3n) is 3.27. The number of carbonyl (C=O) groups is 1. The van der Waals surface area contributed by atoms with E-state index in [1.54, 1.807) is 0 Å². The molecule has 118 valence electrons. The summed E-state index contributed by atoms with van der Waals surface area (Å²) in [6.07, 6.45) is 2.90. The van der Waals surface area contributed by atoms with Gasteiger partial charge in [-0.25, -0.2) is 18.6 Å². The Labute approximate surface area is 129 Å². The molecule has 0 saturated carbocycles. The molecule has 0 bridgehead atoms. The molecule has 6 nitrogen and oxygen atoms in total. The smallest absolute Gasteiger partial charge is 0.404 e. The van der Waals surface area contributed by atoms with Gasteiger partial charge in [-0.05, 0) is 18.2 Å². The number of nitrogens with zero attached hydrogens (tertiary/aromatic N) is 3. The van der Waals surface area contributed by atoms with Gasteiger partial charge >= 0.3 is 6.09 Å². The molecular weight excluding hydrogens is 306 g/mol. The van der Waals surface area contributed by atoms with E-state index in [1.807, 2.05) is 0 Å². The van der Waals surface area contributed by atoms with Crippen molar-refractivity contribution in [3.8, 4) is 11.3 Å². The molecule has 3 aromatic rings. The van der Waals surface area contributed by atoms with E-state index >= 15 is 0 Å². The molecule has 0 atom stereocenters. The zero-order valence-corrected chi connectivity index (χ0v) is 11.8. The van der Waals surface area contributed by atoms with Crippen molar-refractivity contribution in [1.29, 1.82) is 0 Å². The molecule has 0 aromatic carbocycles. The van der Waals surface area contributed by atoms with Gasteiger partial charge in [-0.15, -0.1) is 0 Å². The van der Waals surface area contributed by atoms with Gasteiger partial charge in [0.2, 0.25) is 0 Å². The second kappa shape index (κ2) is 5.99. The van der Waals surface area contributed by atoms with E-state index in [0.29, 0.717) is 22.6 Å². The molecule has 3 aromatic heterocycles. The van der Waals surface area contributed by atoms with E-state index in [4.69, 9.17) is 5.11 Å². The number of fused-ring (bicyclic) bond motifs is 1. The Hall–Kier alpha value is -3.03. The van der Waals surface area contributed by atoms with E-state index in [1.165, 1.54) is 35.0 Å². The van der Waals surface area contributed by atoms with Crippen molar-refractivity contribution in [2.45, 2.75) is 6.42 Å². The Morgan fingerprint density at radius 2 is 2.09 bits per heavy atom. The van der Waals surface area contributed by atoms with E-state index in [-0.39, 0.29) is 13.0 Å². The van der Waals surface area contributed by atoms with Crippen LogP contribution in [0.5, 0.6) is 0 Å². The molecular formula is C15H12F2N4O2. The number of imidazole rings is 1. The maximum atomic E-state index is 13.6. The van der Waals surface area contributed by atoms with E-state index in [0.717, 1.165) is 6.20 Å². The van der Waals surface area contributed by atoms with Gasteiger partial charge in [-0.2, -0.15) is 0 Å². The van der Waals surface area contributed by atoms with Crippen LogP contribution in [0.25, 0.3) is 16.9 Å². The van der Waals surface area contributed by atoms with E-state index < -0.39 is 17.7 Å². The predicted octanol–water partition coefficient (Wildman–Crippen LogP) is 2.48. The summed E-state index contributed by atoms with van der Waals surface area (Å²) in [6, 6.07) is 4.05. The lowest BCUT2D eigenvalue weighted by Gasteiger charge is -2.06. The average molecular weight is 318 g/mol. The molecule has 2 N–H and O–H groups in total. The zero-order valence-electron chi connectivity index (χ0n) is 11.8. The lowest BCUT2D eigenvalue weighted by atomic mass is 10.1. The van der Waals surface area contributed by atoms with Gasteiger partial charge < -0.3 is 10.4 Å². The second-order valence-electron chi connectivity index (χ2n) is 4.86. The van der Waals surface area contributed by atoms with Crippen LogP contribution in [-0.2, 0) is 6.42 Å². The number of halogens is 2. The molecule has 0 aliphatic rings. The van der Waals surface area contributed by atoms with Crippen LogP contribution in [0.1, 0.15) is 5.69 Å². The van der Waals surface area contributed by atoms with Crippen LogP contribution in [0.4, 0.5) is 13.6 Å². The number of pyridine rings is 2. The quantitative estimate of drug-likeness (QED) is 0.774. The van der Waals surface area contributed by atoms with Crippen LogP contribution in [0.3, 0.4) is 0 Å². The van der Waals surface area contributed by atoms with Crippen molar-refractivity contribution in [1.82, 2.24) is 19.7 Å². The molecule has 0 aliphatic carbocycles. The largest absolute Gasteiger partial charge is 0.465 e. The highest BCUT2D eigenvalue weighted by Crippen LogP contribution is 2.26. The van der Waals surface area contributed by atoms with Crippen LogP contribution in [0, 0.1) is 11.6 Å². The summed E-state index contributed by atoms with van der Waals surface area (Å²) in [5, 5.41) is 10.9. The highest BCUT2D eigenvalue weighted by Gasteiger charge is 2.15. The highest BCUT2D eigenvalue weighted by molar-refractivity contribution is 5.67. The lowest BCUT2D eigenvalue weighted by Crippen LogP contribution is -2.23. The Kier molecular flexibility index (Phi) is 3.88. The van der Waals surface area contributed by atoms with E-state index in [9.17, 15) is 13.6 Å². The normalized spacial score (nSPS) is 10.9. The van der Waals surface area contributed by atoms with Gasteiger partial charge in [-0.3, -0.25) is 9.38 Å². The Morgan fingerprint density at radius 1 is 1.26 bits per heavy atom. The third kappa shape index (κ3) is 3.10. The van der Waals surface area contributed by atoms with Gasteiger partial charge in [0.1, 0.15) is 17.3 Å². The van der Waals surface area contributed by atoms with Crippen molar-refractivity contribution in [2.75, 3.05) is 6.54 Å². The highest BCUT2D eigenvalue weighted by atomic mass is 19.1. The standard InChI is InChI=1S/C15H12F2N4O2/c16-10-1-2-13-20-12(3-4-19-15(22)23)14(21(13)8-10)9-5-11(17)7-18-6-9/h1-2,5-8,19H,3-4H2,(H,22,23). The van der Waals surface area contributed by atoms with Crippen LogP contribution in [0.2, 0.25) is 0 Å². The Bertz CT molecular complexity index is 879. The maximum absolute atomic E-state index is 13.6. The molecule has 0 aliphatic heterocycles. The van der Waals surface area contributed by atoms with Crippen molar-refractivity contribution in [3.05, 3.63) is 54.1 Å². The third-order valence-corrected chi connectivity index (χ3v) is 3.27. The number of carboxylic acid groups (broad SMARTS) is 1. The van der Waals surface area contributed by atoms with Crippen molar-refractivity contribution in [3.63, 3.8) is 0 Å². The van der Waals surface area contributed by atoms with E-state index in [2.05, 4.69) is 15.3 Å². The first-order chi connectivity index (χ1) is 11.0. The fourth-order valence-corrected chi connectivity index (χ4v) is 2.38. The molecule has 0 saturated heterocycles. The summed E-state index contributed by atoms with van der Waals surface area (Å²) in [6.45, 7) is 0.136. The van der Waals surface area contributed by atoms with Crippen LogP contribution in [0.15, 0.2) is 36.8 Å².